The summed E-state index contributed by atoms with van der Waals surface area (Å²) in [6.45, 7) is 0.781. The van der Waals surface area contributed by atoms with Crippen LogP contribution >= 0.6 is 0 Å². The molecule has 0 atom stereocenters. The predicted octanol–water partition coefficient (Wildman–Crippen LogP) is 2.40. The van der Waals surface area contributed by atoms with Gasteiger partial charge in [0.1, 0.15) is 23.4 Å². The van der Waals surface area contributed by atoms with E-state index < -0.39 is 0 Å². The molecule has 1 aliphatic rings. The van der Waals surface area contributed by atoms with Gasteiger partial charge in [-0.05, 0) is 31.4 Å². The van der Waals surface area contributed by atoms with Crippen molar-refractivity contribution in [3.05, 3.63) is 58.3 Å². The van der Waals surface area contributed by atoms with E-state index in [1.54, 1.807) is 4.57 Å². The van der Waals surface area contributed by atoms with Crippen LogP contribution in [0.25, 0.3) is 16.7 Å². The lowest BCUT2D eigenvalue weighted by molar-refractivity contribution is 0.542. The number of fused-ring (bicyclic) bond motifs is 3. The van der Waals surface area contributed by atoms with E-state index in [0.717, 1.165) is 37.2 Å². The normalized spacial score (nSPS) is 13.8. The number of aryl methyl sites for hydroxylation is 1. The van der Waals surface area contributed by atoms with E-state index in [4.69, 9.17) is 0 Å². The highest BCUT2D eigenvalue weighted by atomic mass is 16.1. The molecular weight excluding hydrogens is 276 g/mol. The van der Waals surface area contributed by atoms with Gasteiger partial charge in [-0.15, -0.1) is 0 Å². The van der Waals surface area contributed by atoms with Gasteiger partial charge in [0, 0.05) is 12.2 Å². The van der Waals surface area contributed by atoms with Gasteiger partial charge in [0.15, 0.2) is 0 Å². The molecule has 0 radical (unpaired) electrons. The van der Waals surface area contributed by atoms with Crippen LogP contribution in [0, 0.1) is 11.3 Å². The zero-order valence-electron chi connectivity index (χ0n) is 12.0. The molecule has 2 aromatic heterocycles. The number of nitriles is 1. The first-order chi connectivity index (χ1) is 10.8. The van der Waals surface area contributed by atoms with Crippen LogP contribution in [-0.4, -0.2) is 14.1 Å². The highest BCUT2D eigenvalue weighted by Crippen LogP contribution is 2.27. The number of benzene rings is 1. The van der Waals surface area contributed by atoms with Gasteiger partial charge in [0.05, 0.1) is 11.3 Å². The van der Waals surface area contributed by atoms with Crippen molar-refractivity contribution in [1.82, 2.24) is 14.1 Å². The van der Waals surface area contributed by atoms with Crippen molar-refractivity contribution >= 4 is 11.0 Å². The Morgan fingerprint density at radius 3 is 2.77 bits per heavy atom. The number of para-hydroxylation sites is 1. The minimum atomic E-state index is -0.110. The lowest BCUT2D eigenvalue weighted by atomic mass is 10.1. The molecule has 1 aliphatic heterocycles. The molecule has 0 aliphatic carbocycles. The summed E-state index contributed by atoms with van der Waals surface area (Å²) in [5.41, 5.74) is 3.29. The molecule has 22 heavy (non-hydrogen) atoms. The lowest BCUT2D eigenvalue weighted by Gasteiger charge is -2.15. The number of aromatic nitrogens is 3. The summed E-state index contributed by atoms with van der Waals surface area (Å²) in [6, 6.07) is 11.7. The molecule has 0 spiro atoms. The van der Waals surface area contributed by atoms with Crippen molar-refractivity contribution in [1.29, 1.82) is 5.26 Å². The second-order valence-corrected chi connectivity index (χ2v) is 5.49. The van der Waals surface area contributed by atoms with Crippen molar-refractivity contribution in [3.8, 4) is 11.8 Å². The summed E-state index contributed by atoms with van der Waals surface area (Å²) >= 11 is 0. The minimum absolute atomic E-state index is 0.110. The molecule has 0 fully saturated rings. The van der Waals surface area contributed by atoms with Gasteiger partial charge in [-0.3, -0.25) is 9.36 Å². The van der Waals surface area contributed by atoms with Crippen LogP contribution in [0.2, 0.25) is 0 Å². The van der Waals surface area contributed by atoms with Crippen molar-refractivity contribution in [3.63, 3.8) is 0 Å². The molecule has 4 rings (SSSR count). The summed E-state index contributed by atoms with van der Waals surface area (Å²) in [7, 11) is 0. The molecule has 0 amide bonds. The molecular formula is C17H14N4O. The molecule has 3 heterocycles. The number of nitrogens with zero attached hydrogens (tertiary/aromatic N) is 4. The molecule has 3 aromatic rings. The summed E-state index contributed by atoms with van der Waals surface area (Å²) < 4.78 is 3.54. The molecule has 0 saturated heterocycles. The lowest BCUT2D eigenvalue weighted by Crippen LogP contribution is -2.22. The maximum absolute atomic E-state index is 12.9. The summed E-state index contributed by atoms with van der Waals surface area (Å²) in [4.78, 5) is 17.3. The van der Waals surface area contributed by atoms with Gasteiger partial charge >= 0.3 is 0 Å². The average Bonchev–Trinajstić information content (AvgIpc) is 2.90. The highest BCUT2D eigenvalue weighted by Gasteiger charge is 2.23. The number of hydrogen-bond acceptors (Lipinski definition) is 3. The Balaban J connectivity index is 2.08. The van der Waals surface area contributed by atoms with Crippen LogP contribution in [0.15, 0.2) is 41.5 Å². The summed E-state index contributed by atoms with van der Waals surface area (Å²) in [6.07, 6.45) is 4.44. The fraction of sp³-hybridized carbons (Fsp3) is 0.235. The summed E-state index contributed by atoms with van der Waals surface area (Å²) in [5.74, 6) is 0. The standard InChI is InChI=1S/C17H14N4O/c18-10-13-14-8-4-5-9-20(14)16-15(13)19-11-21(17(16)22)12-6-2-1-3-7-12/h1-3,6-7,11H,4-5,8-9H2. The average molecular weight is 290 g/mol. The Morgan fingerprint density at radius 1 is 1.18 bits per heavy atom. The maximum atomic E-state index is 12.9. The fourth-order valence-electron chi connectivity index (χ4n) is 3.24. The second-order valence-electron chi connectivity index (χ2n) is 5.49. The maximum Gasteiger partial charge on any atom is 0.282 e. The van der Waals surface area contributed by atoms with Gasteiger partial charge in [-0.25, -0.2) is 4.98 Å². The van der Waals surface area contributed by atoms with Crippen LogP contribution in [0.5, 0.6) is 0 Å². The third-order valence-electron chi connectivity index (χ3n) is 4.26. The van der Waals surface area contributed by atoms with Gasteiger partial charge in [0.25, 0.3) is 5.56 Å². The van der Waals surface area contributed by atoms with Crippen LogP contribution < -0.4 is 5.56 Å². The van der Waals surface area contributed by atoms with Gasteiger partial charge < -0.3 is 4.57 Å². The zero-order valence-corrected chi connectivity index (χ0v) is 12.0. The third-order valence-corrected chi connectivity index (χ3v) is 4.26. The largest absolute Gasteiger partial charge is 0.337 e. The Labute approximate surface area is 127 Å². The Kier molecular flexibility index (Phi) is 2.83. The summed E-state index contributed by atoms with van der Waals surface area (Å²) in [5, 5.41) is 9.45. The third kappa shape index (κ3) is 1.70. The highest BCUT2D eigenvalue weighted by molar-refractivity contribution is 5.84. The molecule has 0 saturated carbocycles. The smallest absolute Gasteiger partial charge is 0.282 e. The van der Waals surface area contributed by atoms with Gasteiger partial charge in [0.2, 0.25) is 0 Å². The molecule has 5 nitrogen and oxygen atoms in total. The van der Waals surface area contributed by atoms with Crippen LogP contribution in [-0.2, 0) is 13.0 Å². The van der Waals surface area contributed by atoms with Crippen molar-refractivity contribution in [2.75, 3.05) is 0 Å². The first-order valence-electron chi connectivity index (χ1n) is 7.39. The van der Waals surface area contributed by atoms with E-state index in [2.05, 4.69) is 11.1 Å². The van der Waals surface area contributed by atoms with E-state index in [1.165, 1.54) is 6.33 Å². The van der Waals surface area contributed by atoms with Crippen LogP contribution in [0.3, 0.4) is 0 Å². The van der Waals surface area contributed by atoms with E-state index in [1.807, 2.05) is 34.9 Å². The molecule has 108 valence electrons. The van der Waals surface area contributed by atoms with Crippen molar-refractivity contribution < 1.29 is 0 Å². The SMILES string of the molecule is N#Cc1c2n(c3c(=O)n(-c4ccccc4)cnc13)CCCC2. The van der Waals surface area contributed by atoms with Crippen molar-refractivity contribution in [2.45, 2.75) is 25.8 Å². The topological polar surface area (TPSA) is 63.6 Å². The predicted molar refractivity (Wildman–Crippen MR) is 83.0 cm³/mol. The monoisotopic (exact) mass is 290 g/mol. The Bertz CT molecular complexity index is 960. The van der Waals surface area contributed by atoms with E-state index >= 15 is 0 Å². The van der Waals surface area contributed by atoms with Crippen molar-refractivity contribution in [2.24, 2.45) is 0 Å². The quantitative estimate of drug-likeness (QED) is 0.691. The van der Waals surface area contributed by atoms with E-state index in [-0.39, 0.29) is 5.56 Å². The zero-order chi connectivity index (χ0) is 15.1. The van der Waals surface area contributed by atoms with Gasteiger partial charge in [-0.1, -0.05) is 18.2 Å². The number of hydrogen-bond donors (Lipinski definition) is 0. The van der Waals surface area contributed by atoms with E-state index in [9.17, 15) is 10.1 Å². The van der Waals surface area contributed by atoms with Gasteiger partial charge in [-0.2, -0.15) is 5.26 Å². The Morgan fingerprint density at radius 2 is 2.00 bits per heavy atom. The first kappa shape index (κ1) is 12.8. The van der Waals surface area contributed by atoms with E-state index in [0.29, 0.717) is 16.6 Å². The molecule has 0 bridgehead atoms. The fourth-order valence-corrected chi connectivity index (χ4v) is 3.24. The number of rotatable bonds is 1. The minimum Gasteiger partial charge on any atom is -0.337 e. The molecule has 0 N–H and O–H groups in total. The van der Waals surface area contributed by atoms with Crippen LogP contribution in [0.4, 0.5) is 0 Å². The second kappa shape index (κ2) is 4.85. The molecule has 1 aromatic carbocycles. The van der Waals surface area contributed by atoms with Crippen LogP contribution in [0.1, 0.15) is 24.1 Å². The molecule has 0 unspecified atom stereocenters. The Hall–Kier alpha value is -2.87. The molecule has 5 heteroatoms. The first-order valence-corrected chi connectivity index (χ1v) is 7.39.